The van der Waals surface area contributed by atoms with Gasteiger partial charge in [-0.2, -0.15) is 0 Å². The average molecular weight is 219 g/mol. The molecule has 16 heavy (non-hydrogen) atoms. The van der Waals surface area contributed by atoms with E-state index in [9.17, 15) is 8.78 Å². The molecule has 82 valence electrons. The monoisotopic (exact) mass is 219 g/mol. The summed E-state index contributed by atoms with van der Waals surface area (Å²) in [5.74, 6) is -0.684. The molecule has 2 rings (SSSR count). The maximum Gasteiger partial charge on any atom is 0.126 e. The molecule has 0 aliphatic rings. The van der Waals surface area contributed by atoms with Crippen molar-refractivity contribution in [2.24, 2.45) is 0 Å². The van der Waals surface area contributed by atoms with E-state index in [2.05, 4.69) is 0 Å². The molecular weight excluding hydrogens is 208 g/mol. The summed E-state index contributed by atoms with van der Waals surface area (Å²) in [6.07, 6.45) is 0. The van der Waals surface area contributed by atoms with Gasteiger partial charge < -0.3 is 5.73 Å². The predicted octanol–water partition coefficient (Wildman–Crippen LogP) is 3.52. The van der Waals surface area contributed by atoms with Crippen molar-refractivity contribution >= 4 is 5.69 Å². The minimum Gasteiger partial charge on any atom is -0.398 e. The van der Waals surface area contributed by atoms with Crippen molar-refractivity contribution in [3.05, 3.63) is 53.6 Å². The summed E-state index contributed by atoms with van der Waals surface area (Å²) >= 11 is 0. The van der Waals surface area contributed by atoms with E-state index in [1.54, 1.807) is 25.1 Å². The van der Waals surface area contributed by atoms with E-state index < -0.39 is 5.82 Å². The normalized spacial score (nSPS) is 10.4. The third kappa shape index (κ3) is 1.76. The molecule has 0 saturated carbocycles. The van der Waals surface area contributed by atoms with E-state index in [-0.39, 0.29) is 5.82 Å². The van der Waals surface area contributed by atoms with Crippen molar-refractivity contribution in [2.45, 2.75) is 6.92 Å². The molecule has 0 atom stereocenters. The first-order valence-corrected chi connectivity index (χ1v) is 4.90. The lowest BCUT2D eigenvalue weighted by Crippen LogP contribution is -1.94. The van der Waals surface area contributed by atoms with Crippen molar-refractivity contribution < 1.29 is 8.78 Å². The second kappa shape index (κ2) is 3.93. The highest BCUT2D eigenvalue weighted by Gasteiger charge is 2.09. The van der Waals surface area contributed by atoms with Gasteiger partial charge in [0.1, 0.15) is 11.6 Å². The van der Waals surface area contributed by atoms with Gasteiger partial charge in [-0.3, -0.25) is 0 Å². The minimum absolute atomic E-state index is 0.291. The van der Waals surface area contributed by atoms with Gasteiger partial charge in [-0.15, -0.1) is 0 Å². The van der Waals surface area contributed by atoms with Crippen LogP contribution in [0.1, 0.15) is 5.56 Å². The highest BCUT2D eigenvalue weighted by Crippen LogP contribution is 2.30. The molecule has 0 aliphatic heterocycles. The Kier molecular flexibility index (Phi) is 2.60. The lowest BCUT2D eigenvalue weighted by molar-refractivity contribution is 0.619. The summed E-state index contributed by atoms with van der Waals surface area (Å²) in [5, 5.41) is 0. The van der Waals surface area contributed by atoms with E-state index in [1.165, 1.54) is 18.2 Å². The van der Waals surface area contributed by atoms with Gasteiger partial charge in [0.05, 0.1) is 0 Å². The van der Waals surface area contributed by atoms with Crippen LogP contribution in [0.15, 0.2) is 36.4 Å². The second-order valence-corrected chi connectivity index (χ2v) is 3.64. The number of nitrogens with two attached hydrogens (primary N) is 1. The molecule has 3 heteroatoms. The van der Waals surface area contributed by atoms with Gasteiger partial charge in [0.2, 0.25) is 0 Å². The summed E-state index contributed by atoms with van der Waals surface area (Å²) in [7, 11) is 0. The van der Waals surface area contributed by atoms with Crippen molar-refractivity contribution in [1.29, 1.82) is 0 Å². The van der Waals surface area contributed by atoms with Crippen LogP contribution in [0.2, 0.25) is 0 Å². The maximum atomic E-state index is 13.4. The zero-order chi connectivity index (χ0) is 11.7. The molecule has 0 unspecified atom stereocenters. The first kappa shape index (κ1) is 10.6. The van der Waals surface area contributed by atoms with E-state index >= 15 is 0 Å². The zero-order valence-electron chi connectivity index (χ0n) is 8.80. The van der Waals surface area contributed by atoms with Gasteiger partial charge >= 0.3 is 0 Å². The third-order valence-electron chi connectivity index (χ3n) is 2.57. The van der Waals surface area contributed by atoms with E-state index in [4.69, 9.17) is 5.73 Å². The molecule has 2 aromatic carbocycles. The summed E-state index contributed by atoms with van der Waals surface area (Å²) in [5.41, 5.74) is 7.88. The van der Waals surface area contributed by atoms with Gasteiger partial charge in [0, 0.05) is 11.3 Å². The minimum atomic E-state index is -0.393. The van der Waals surface area contributed by atoms with Crippen LogP contribution in [0.4, 0.5) is 14.5 Å². The molecule has 0 saturated heterocycles. The van der Waals surface area contributed by atoms with Gasteiger partial charge in [-0.05, 0) is 42.3 Å². The van der Waals surface area contributed by atoms with E-state index in [1.807, 2.05) is 0 Å². The quantitative estimate of drug-likeness (QED) is 0.729. The van der Waals surface area contributed by atoms with Crippen LogP contribution < -0.4 is 5.73 Å². The molecule has 2 aromatic rings. The molecule has 0 aliphatic carbocycles. The lowest BCUT2D eigenvalue weighted by Gasteiger charge is -2.09. The van der Waals surface area contributed by atoms with Crippen LogP contribution in [-0.2, 0) is 0 Å². The molecule has 0 radical (unpaired) electrons. The fourth-order valence-corrected chi connectivity index (χ4v) is 1.68. The Balaban J connectivity index is 2.63. The fourth-order valence-electron chi connectivity index (χ4n) is 1.68. The molecular formula is C13H11F2N. The Hall–Kier alpha value is -1.90. The third-order valence-corrected chi connectivity index (χ3v) is 2.57. The highest BCUT2D eigenvalue weighted by molar-refractivity contribution is 5.78. The summed E-state index contributed by atoms with van der Waals surface area (Å²) in [4.78, 5) is 0. The van der Waals surface area contributed by atoms with Gasteiger partial charge in [0.15, 0.2) is 0 Å². The number of benzene rings is 2. The number of rotatable bonds is 1. The largest absolute Gasteiger partial charge is 0.398 e. The summed E-state index contributed by atoms with van der Waals surface area (Å²) < 4.78 is 26.2. The van der Waals surface area contributed by atoms with Crippen LogP contribution in [0, 0.1) is 18.6 Å². The smallest absolute Gasteiger partial charge is 0.126 e. The second-order valence-electron chi connectivity index (χ2n) is 3.64. The van der Waals surface area contributed by atoms with Gasteiger partial charge in [-0.1, -0.05) is 12.1 Å². The predicted molar refractivity (Wildman–Crippen MR) is 60.9 cm³/mol. The Morgan fingerprint density at radius 2 is 1.75 bits per heavy atom. The number of hydrogen-bond donors (Lipinski definition) is 1. The Morgan fingerprint density at radius 3 is 2.44 bits per heavy atom. The van der Waals surface area contributed by atoms with Crippen LogP contribution in [-0.4, -0.2) is 0 Å². The first-order chi connectivity index (χ1) is 7.59. The first-order valence-electron chi connectivity index (χ1n) is 4.90. The van der Waals surface area contributed by atoms with Crippen molar-refractivity contribution in [3.63, 3.8) is 0 Å². The summed E-state index contributed by atoms with van der Waals surface area (Å²) in [6, 6.07) is 8.88. The number of hydrogen-bond acceptors (Lipinski definition) is 1. The number of nitrogen functional groups attached to an aromatic ring is 1. The SMILES string of the molecule is Cc1c(F)cccc1-c1ccc(F)cc1N. The Labute approximate surface area is 92.5 Å². The molecule has 0 heterocycles. The summed E-state index contributed by atoms with van der Waals surface area (Å²) in [6.45, 7) is 1.67. The Bertz CT molecular complexity index is 535. The van der Waals surface area contributed by atoms with Crippen LogP contribution in [0.25, 0.3) is 11.1 Å². The molecule has 1 nitrogen and oxygen atoms in total. The zero-order valence-corrected chi connectivity index (χ0v) is 8.80. The van der Waals surface area contributed by atoms with Crippen molar-refractivity contribution in [2.75, 3.05) is 5.73 Å². The van der Waals surface area contributed by atoms with E-state index in [0.29, 0.717) is 22.4 Å². The molecule has 2 N–H and O–H groups in total. The van der Waals surface area contributed by atoms with Crippen LogP contribution in [0.3, 0.4) is 0 Å². The molecule has 0 spiro atoms. The number of anilines is 1. The van der Waals surface area contributed by atoms with Gasteiger partial charge in [-0.25, -0.2) is 8.78 Å². The molecule has 0 amide bonds. The van der Waals surface area contributed by atoms with E-state index in [0.717, 1.165) is 0 Å². The van der Waals surface area contributed by atoms with Crippen molar-refractivity contribution in [3.8, 4) is 11.1 Å². The highest BCUT2D eigenvalue weighted by atomic mass is 19.1. The lowest BCUT2D eigenvalue weighted by atomic mass is 9.99. The average Bonchev–Trinajstić information content (AvgIpc) is 2.23. The topological polar surface area (TPSA) is 26.0 Å². The molecule has 0 aromatic heterocycles. The number of halogens is 2. The standard InChI is InChI=1S/C13H11F2N/c1-8-10(3-2-4-12(8)15)11-6-5-9(14)7-13(11)16/h2-7H,16H2,1H3. The Morgan fingerprint density at radius 1 is 1.00 bits per heavy atom. The van der Waals surface area contributed by atoms with Crippen LogP contribution >= 0.6 is 0 Å². The fraction of sp³-hybridized carbons (Fsp3) is 0.0769. The molecule has 0 bridgehead atoms. The molecule has 0 fully saturated rings. The van der Waals surface area contributed by atoms with Crippen molar-refractivity contribution in [1.82, 2.24) is 0 Å². The van der Waals surface area contributed by atoms with Gasteiger partial charge in [0.25, 0.3) is 0 Å². The van der Waals surface area contributed by atoms with Crippen LogP contribution in [0.5, 0.6) is 0 Å². The maximum absolute atomic E-state index is 13.4.